The molecule has 0 radical (unpaired) electrons. The molecule has 1 fully saturated rings. The van der Waals surface area contributed by atoms with Crippen LogP contribution in [0.3, 0.4) is 0 Å². The standard InChI is InChI=1S/C26H30N4O3S/c27-16-19-18-8-2-5-11-23(18)34-25(19)28-24(31)12-15-30-17-22(26(32)29-13-6-1-7-14-29)33-21-10-4-3-9-20(21)30/h3-4,9-10,22H,1-2,5-8,11-15,17H2,(H,28,31)/t22-/m0/s1. The van der Waals surface area contributed by atoms with Crippen molar-refractivity contribution in [3.8, 4) is 11.8 Å². The normalized spacial score (nSPS) is 19.4. The molecule has 2 aromatic rings. The second-order valence-electron chi connectivity index (χ2n) is 9.23. The number of amides is 2. The van der Waals surface area contributed by atoms with Crippen molar-refractivity contribution in [1.82, 2.24) is 4.90 Å². The number of hydrogen-bond acceptors (Lipinski definition) is 6. The van der Waals surface area contributed by atoms with E-state index in [0.29, 0.717) is 29.4 Å². The van der Waals surface area contributed by atoms with Gasteiger partial charge in [-0.1, -0.05) is 12.1 Å². The number of aryl methyl sites for hydroxylation is 1. The van der Waals surface area contributed by atoms with Gasteiger partial charge in [0.25, 0.3) is 5.91 Å². The number of thiophene rings is 1. The molecule has 1 aromatic heterocycles. The summed E-state index contributed by atoms with van der Waals surface area (Å²) in [4.78, 5) is 31.2. The van der Waals surface area contributed by atoms with Gasteiger partial charge in [0.05, 0.1) is 17.8 Å². The lowest BCUT2D eigenvalue weighted by Gasteiger charge is -2.38. The topological polar surface area (TPSA) is 85.7 Å². The number of ether oxygens (including phenoxy) is 1. The SMILES string of the molecule is N#Cc1c(NC(=O)CCN2C[C@@H](C(=O)N3CCCCC3)Oc3ccccc32)sc2c1CCCC2. The Morgan fingerprint density at radius 1 is 1.12 bits per heavy atom. The Morgan fingerprint density at radius 2 is 1.91 bits per heavy atom. The summed E-state index contributed by atoms with van der Waals surface area (Å²) in [5, 5.41) is 13.3. The van der Waals surface area contributed by atoms with E-state index in [1.165, 1.54) is 11.3 Å². The highest BCUT2D eigenvalue weighted by molar-refractivity contribution is 7.16. The molecular formula is C26H30N4O3S. The van der Waals surface area contributed by atoms with Crippen molar-refractivity contribution in [2.75, 3.05) is 36.4 Å². The van der Waals surface area contributed by atoms with Crippen LogP contribution in [0.2, 0.25) is 0 Å². The van der Waals surface area contributed by atoms with E-state index >= 15 is 0 Å². The highest BCUT2D eigenvalue weighted by atomic mass is 32.1. The van der Waals surface area contributed by atoms with E-state index in [2.05, 4.69) is 16.3 Å². The number of benzene rings is 1. The molecule has 8 heteroatoms. The predicted molar refractivity (Wildman–Crippen MR) is 132 cm³/mol. The number of fused-ring (bicyclic) bond motifs is 2. The first-order chi connectivity index (χ1) is 16.6. The number of nitrogens with one attached hydrogen (secondary N) is 1. The van der Waals surface area contributed by atoms with Crippen LogP contribution >= 0.6 is 11.3 Å². The Hall–Kier alpha value is -3.05. The summed E-state index contributed by atoms with van der Waals surface area (Å²) in [6, 6.07) is 10.00. The zero-order valence-corrected chi connectivity index (χ0v) is 20.2. The zero-order valence-electron chi connectivity index (χ0n) is 19.3. The van der Waals surface area contributed by atoms with Crippen LogP contribution in [0.25, 0.3) is 0 Å². The number of likely N-dealkylation sites (tertiary alicyclic amines) is 1. The summed E-state index contributed by atoms with van der Waals surface area (Å²) in [5.74, 6) is 0.603. The number of carbonyl (C=O) groups excluding carboxylic acids is 2. The molecule has 3 heterocycles. The number of anilines is 2. The van der Waals surface area contributed by atoms with Crippen LogP contribution in [0.5, 0.6) is 5.75 Å². The fourth-order valence-corrected chi connectivity index (χ4v) is 6.42. The number of para-hydroxylation sites is 2. The van der Waals surface area contributed by atoms with Crippen LogP contribution in [0, 0.1) is 11.3 Å². The molecule has 1 aliphatic carbocycles. The summed E-state index contributed by atoms with van der Waals surface area (Å²) < 4.78 is 6.09. The van der Waals surface area contributed by atoms with Crippen LogP contribution in [0.1, 0.15) is 54.5 Å². The number of carbonyl (C=O) groups is 2. The summed E-state index contributed by atoms with van der Waals surface area (Å²) in [5.41, 5.74) is 2.66. The van der Waals surface area contributed by atoms with Gasteiger partial charge in [-0.3, -0.25) is 9.59 Å². The molecule has 1 N–H and O–H groups in total. The lowest BCUT2D eigenvalue weighted by Crippen LogP contribution is -2.51. The van der Waals surface area contributed by atoms with Crippen molar-refractivity contribution in [3.05, 3.63) is 40.3 Å². The molecule has 34 heavy (non-hydrogen) atoms. The van der Waals surface area contributed by atoms with Crippen molar-refractivity contribution in [3.63, 3.8) is 0 Å². The first-order valence-corrected chi connectivity index (χ1v) is 13.1. The van der Waals surface area contributed by atoms with E-state index in [0.717, 1.165) is 62.9 Å². The van der Waals surface area contributed by atoms with Crippen molar-refractivity contribution in [1.29, 1.82) is 5.26 Å². The number of hydrogen-bond donors (Lipinski definition) is 1. The molecule has 1 atom stereocenters. The van der Waals surface area contributed by atoms with E-state index in [9.17, 15) is 14.9 Å². The van der Waals surface area contributed by atoms with Crippen molar-refractivity contribution in [2.45, 2.75) is 57.5 Å². The lowest BCUT2D eigenvalue weighted by molar-refractivity contribution is -0.139. The third-order valence-corrected chi connectivity index (χ3v) is 8.16. The second kappa shape index (κ2) is 10.1. The minimum absolute atomic E-state index is 0.0338. The van der Waals surface area contributed by atoms with Gasteiger partial charge < -0.3 is 19.9 Å². The Labute approximate surface area is 204 Å². The van der Waals surface area contributed by atoms with Gasteiger partial charge in [-0.25, -0.2) is 0 Å². The van der Waals surface area contributed by atoms with Gasteiger partial charge in [-0.2, -0.15) is 5.26 Å². The summed E-state index contributed by atoms with van der Waals surface area (Å²) >= 11 is 1.55. The zero-order chi connectivity index (χ0) is 23.5. The minimum Gasteiger partial charge on any atom is -0.477 e. The fraction of sp³-hybridized carbons (Fsp3) is 0.500. The molecule has 2 aliphatic heterocycles. The van der Waals surface area contributed by atoms with E-state index in [1.807, 2.05) is 29.2 Å². The van der Waals surface area contributed by atoms with Crippen LogP contribution < -0.4 is 15.0 Å². The molecule has 1 aromatic carbocycles. The molecular weight excluding hydrogens is 448 g/mol. The Bertz CT molecular complexity index is 1120. The summed E-state index contributed by atoms with van der Waals surface area (Å²) in [6.07, 6.45) is 7.09. The molecule has 3 aliphatic rings. The van der Waals surface area contributed by atoms with Gasteiger partial charge >= 0.3 is 0 Å². The summed E-state index contributed by atoms with van der Waals surface area (Å²) in [7, 11) is 0. The van der Waals surface area contributed by atoms with Crippen molar-refractivity contribution in [2.24, 2.45) is 0 Å². The van der Waals surface area contributed by atoms with Gasteiger partial charge in [-0.15, -0.1) is 11.3 Å². The average Bonchev–Trinajstić information content (AvgIpc) is 3.23. The van der Waals surface area contributed by atoms with Gasteiger partial charge in [0.2, 0.25) is 5.91 Å². The Morgan fingerprint density at radius 3 is 2.74 bits per heavy atom. The Balaban J connectivity index is 1.26. The van der Waals surface area contributed by atoms with E-state index in [-0.39, 0.29) is 18.2 Å². The van der Waals surface area contributed by atoms with Gasteiger partial charge in [0.1, 0.15) is 16.8 Å². The maximum atomic E-state index is 13.1. The van der Waals surface area contributed by atoms with Gasteiger partial charge in [0, 0.05) is 30.9 Å². The van der Waals surface area contributed by atoms with Crippen molar-refractivity contribution < 1.29 is 14.3 Å². The molecule has 0 unspecified atom stereocenters. The number of piperidine rings is 1. The lowest BCUT2D eigenvalue weighted by atomic mass is 9.96. The molecule has 178 valence electrons. The molecule has 2 amide bonds. The quantitative estimate of drug-likeness (QED) is 0.699. The van der Waals surface area contributed by atoms with Crippen LogP contribution in [0.15, 0.2) is 24.3 Å². The van der Waals surface area contributed by atoms with E-state index < -0.39 is 6.10 Å². The molecule has 1 saturated heterocycles. The maximum absolute atomic E-state index is 13.1. The van der Waals surface area contributed by atoms with Crippen molar-refractivity contribution >= 4 is 33.8 Å². The third-order valence-electron chi connectivity index (χ3n) is 6.95. The smallest absolute Gasteiger partial charge is 0.265 e. The first-order valence-electron chi connectivity index (χ1n) is 12.3. The molecule has 0 spiro atoms. The van der Waals surface area contributed by atoms with Gasteiger partial charge in [0.15, 0.2) is 6.10 Å². The molecule has 0 saturated carbocycles. The predicted octanol–water partition coefficient (Wildman–Crippen LogP) is 4.11. The van der Waals surface area contributed by atoms with Crippen LogP contribution in [-0.2, 0) is 22.4 Å². The largest absolute Gasteiger partial charge is 0.477 e. The minimum atomic E-state index is -0.565. The van der Waals surface area contributed by atoms with Crippen LogP contribution in [-0.4, -0.2) is 49.0 Å². The van der Waals surface area contributed by atoms with Gasteiger partial charge in [-0.05, 0) is 62.6 Å². The second-order valence-corrected chi connectivity index (χ2v) is 10.3. The molecule has 5 rings (SSSR count). The third kappa shape index (κ3) is 4.62. The highest BCUT2D eigenvalue weighted by Gasteiger charge is 2.34. The molecule has 0 bridgehead atoms. The number of rotatable bonds is 5. The first kappa shape index (κ1) is 22.7. The molecule has 7 nitrogen and oxygen atoms in total. The summed E-state index contributed by atoms with van der Waals surface area (Å²) in [6.45, 7) is 2.48. The number of nitrogens with zero attached hydrogens (tertiary/aromatic N) is 3. The fourth-order valence-electron chi connectivity index (χ4n) is 5.16. The van der Waals surface area contributed by atoms with Crippen LogP contribution in [0.4, 0.5) is 10.7 Å². The highest BCUT2D eigenvalue weighted by Crippen LogP contribution is 2.38. The monoisotopic (exact) mass is 478 g/mol. The average molecular weight is 479 g/mol. The number of nitriles is 1. The van der Waals surface area contributed by atoms with E-state index in [1.54, 1.807) is 11.3 Å². The Kier molecular flexibility index (Phi) is 6.73. The maximum Gasteiger partial charge on any atom is 0.265 e. The van der Waals surface area contributed by atoms with E-state index in [4.69, 9.17) is 4.74 Å².